The van der Waals surface area contributed by atoms with Crippen LogP contribution in [0.15, 0.2) is 0 Å². The molecule has 0 aromatic carbocycles. The van der Waals surface area contributed by atoms with Crippen LogP contribution in [0.2, 0.25) is 0 Å². The van der Waals surface area contributed by atoms with E-state index in [2.05, 4.69) is 10.6 Å². The van der Waals surface area contributed by atoms with E-state index in [-0.39, 0.29) is 11.9 Å². The van der Waals surface area contributed by atoms with Crippen LogP contribution in [-0.4, -0.2) is 67.0 Å². The van der Waals surface area contributed by atoms with Crippen molar-refractivity contribution in [2.24, 2.45) is 0 Å². The van der Waals surface area contributed by atoms with Gasteiger partial charge in [0.15, 0.2) is 0 Å². The summed E-state index contributed by atoms with van der Waals surface area (Å²) in [5.41, 5.74) is 0. The van der Waals surface area contributed by atoms with Gasteiger partial charge in [0.05, 0.1) is 0 Å². The van der Waals surface area contributed by atoms with E-state index in [0.29, 0.717) is 45.2 Å². The number of amides is 3. The summed E-state index contributed by atoms with van der Waals surface area (Å²) in [6.45, 7) is 6.24. The van der Waals surface area contributed by atoms with Crippen LogP contribution in [0.3, 0.4) is 0 Å². The zero-order valence-electron chi connectivity index (χ0n) is 13.1. The van der Waals surface area contributed by atoms with Crippen LogP contribution in [-0.2, 0) is 4.79 Å². The van der Waals surface area contributed by atoms with Gasteiger partial charge in [0.1, 0.15) is 0 Å². The first-order valence-electron chi connectivity index (χ1n) is 8.24. The molecule has 0 aromatic rings. The lowest BCUT2D eigenvalue weighted by atomic mass is 10.0. The highest BCUT2D eigenvalue weighted by atomic mass is 16.2. The molecule has 1 unspecified atom stereocenters. The quantitative estimate of drug-likeness (QED) is 0.806. The first-order chi connectivity index (χ1) is 10.2. The average molecular weight is 296 g/mol. The number of piperazine rings is 1. The molecule has 120 valence electrons. The zero-order chi connectivity index (χ0) is 15.1. The largest absolute Gasteiger partial charge is 0.339 e. The number of nitrogens with zero attached hydrogens (tertiary/aromatic N) is 2. The van der Waals surface area contributed by atoms with Crippen LogP contribution in [0.25, 0.3) is 0 Å². The third-order valence-corrected chi connectivity index (χ3v) is 4.37. The minimum atomic E-state index is -0.0176. The summed E-state index contributed by atoms with van der Waals surface area (Å²) in [6.07, 6.45) is 5.29. The standard InChI is InChI=1S/C15H28N4O2/c1-2-16-15(21)19-11-9-18(10-12-19)14(20)7-6-13-5-3-4-8-17-13/h13,17H,2-12H2,1H3,(H,16,21). The van der Waals surface area contributed by atoms with Crippen molar-refractivity contribution in [2.45, 2.75) is 45.1 Å². The first kappa shape index (κ1) is 16.1. The maximum absolute atomic E-state index is 12.2. The fourth-order valence-corrected chi connectivity index (χ4v) is 3.05. The highest BCUT2D eigenvalue weighted by Crippen LogP contribution is 2.13. The molecule has 2 saturated heterocycles. The molecule has 2 aliphatic heterocycles. The van der Waals surface area contributed by atoms with Gasteiger partial charge in [-0.05, 0) is 32.7 Å². The van der Waals surface area contributed by atoms with Gasteiger partial charge in [-0.1, -0.05) is 6.42 Å². The van der Waals surface area contributed by atoms with Gasteiger partial charge in [0.25, 0.3) is 0 Å². The number of urea groups is 1. The third-order valence-electron chi connectivity index (χ3n) is 4.37. The van der Waals surface area contributed by atoms with Gasteiger partial charge in [-0.3, -0.25) is 4.79 Å². The predicted octanol–water partition coefficient (Wildman–Crippen LogP) is 0.782. The van der Waals surface area contributed by atoms with Crippen LogP contribution in [0.4, 0.5) is 4.79 Å². The van der Waals surface area contributed by atoms with E-state index in [1.165, 1.54) is 19.3 Å². The van der Waals surface area contributed by atoms with E-state index in [9.17, 15) is 9.59 Å². The topological polar surface area (TPSA) is 64.7 Å². The highest BCUT2D eigenvalue weighted by Gasteiger charge is 2.24. The first-order valence-corrected chi connectivity index (χ1v) is 8.24. The Bertz CT molecular complexity index is 348. The summed E-state index contributed by atoms with van der Waals surface area (Å²) in [5, 5.41) is 6.28. The normalized spacial score (nSPS) is 23.0. The second-order valence-electron chi connectivity index (χ2n) is 5.89. The van der Waals surface area contributed by atoms with Crippen molar-refractivity contribution < 1.29 is 9.59 Å². The zero-order valence-corrected chi connectivity index (χ0v) is 13.1. The van der Waals surface area contributed by atoms with Gasteiger partial charge in [-0.25, -0.2) is 4.79 Å². The molecule has 2 aliphatic rings. The Labute approximate surface area is 127 Å². The molecule has 3 amide bonds. The molecule has 0 radical (unpaired) electrons. The van der Waals surface area contributed by atoms with Crippen LogP contribution in [0, 0.1) is 0 Å². The molecule has 0 aliphatic carbocycles. The molecule has 0 spiro atoms. The van der Waals surface area contributed by atoms with Gasteiger partial charge in [0, 0.05) is 45.2 Å². The molecular formula is C15H28N4O2. The summed E-state index contributed by atoms with van der Waals surface area (Å²) in [4.78, 5) is 27.6. The monoisotopic (exact) mass is 296 g/mol. The fourth-order valence-electron chi connectivity index (χ4n) is 3.05. The van der Waals surface area contributed by atoms with E-state index in [1.807, 2.05) is 11.8 Å². The molecule has 6 nitrogen and oxygen atoms in total. The molecule has 2 rings (SSSR count). The highest BCUT2D eigenvalue weighted by molar-refractivity contribution is 5.77. The summed E-state index contributed by atoms with van der Waals surface area (Å²) in [6, 6.07) is 0.496. The average Bonchev–Trinajstić information content (AvgIpc) is 2.54. The summed E-state index contributed by atoms with van der Waals surface area (Å²) < 4.78 is 0. The van der Waals surface area contributed by atoms with E-state index in [1.54, 1.807) is 4.90 Å². The summed E-state index contributed by atoms with van der Waals surface area (Å²) in [5.74, 6) is 0.234. The van der Waals surface area contributed by atoms with E-state index in [0.717, 1.165) is 13.0 Å². The van der Waals surface area contributed by atoms with Gasteiger partial charge in [0.2, 0.25) is 5.91 Å². The number of carbonyl (C=O) groups excluding carboxylic acids is 2. The lowest BCUT2D eigenvalue weighted by molar-refractivity contribution is -0.132. The molecule has 2 N–H and O–H groups in total. The molecule has 1 atom stereocenters. The third kappa shape index (κ3) is 4.88. The minimum absolute atomic E-state index is 0.0176. The van der Waals surface area contributed by atoms with Crippen molar-refractivity contribution in [1.29, 1.82) is 0 Å². The number of rotatable bonds is 4. The van der Waals surface area contributed by atoms with Gasteiger partial charge in [-0.2, -0.15) is 0 Å². The smallest absolute Gasteiger partial charge is 0.317 e. The molecule has 0 bridgehead atoms. The SMILES string of the molecule is CCNC(=O)N1CCN(C(=O)CCC2CCCCN2)CC1. The molecule has 21 heavy (non-hydrogen) atoms. The fraction of sp³-hybridized carbons (Fsp3) is 0.867. The lowest BCUT2D eigenvalue weighted by Crippen LogP contribution is -2.53. The molecule has 0 aromatic heterocycles. The molecule has 6 heteroatoms. The maximum Gasteiger partial charge on any atom is 0.317 e. The van der Waals surface area contributed by atoms with Crippen LogP contribution < -0.4 is 10.6 Å². The summed E-state index contributed by atoms with van der Waals surface area (Å²) in [7, 11) is 0. The van der Waals surface area contributed by atoms with Crippen LogP contribution >= 0.6 is 0 Å². The van der Waals surface area contributed by atoms with Gasteiger partial charge >= 0.3 is 6.03 Å². The Balaban J connectivity index is 1.66. The minimum Gasteiger partial charge on any atom is -0.339 e. The second kappa shape index (κ2) is 8.22. The number of nitrogens with one attached hydrogen (secondary N) is 2. The van der Waals surface area contributed by atoms with Crippen molar-refractivity contribution in [2.75, 3.05) is 39.3 Å². The van der Waals surface area contributed by atoms with E-state index in [4.69, 9.17) is 0 Å². The Kier molecular flexibility index (Phi) is 6.29. The molecule has 2 fully saturated rings. The van der Waals surface area contributed by atoms with Gasteiger partial charge < -0.3 is 20.4 Å². The Morgan fingerprint density at radius 3 is 2.48 bits per heavy atom. The number of hydrogen-bond donors (Lipinski definition) is 2. The van der Waals surface area contributed by atoms with Crippen molar-refractivity contribution in [1.82, 2.24) is 20.4 Å². The van der Waals surface area contributed by atoms with Crippen LogP contribution in [0.5, 0.6) is 0 Å². The summed E-state index contributed by atoms with van der Waals surface area (Å²) >= 11 is 0. The van der Waals surface area contributed by atoms with Gasteiger partial charge in [-0.15, -0.1) is 0 Å². The Morgan fingerprint density at radius 2 is 1.86 bits per heavy atom. The lowest BCUT2D eigenvalue weighted by Gasteiger charge is -2.35. The van der Waals surface area contributed by atoms with Crippen molar-refractivity contribution in [3.63, 3.8) is 0 Å². The van der Waals surface area contributed by atoms with Crippen molar-refractivity contribution in [3.05, 3.63) is 0 Å². The second-order valence-corrected chi connectivity index (χ2v) is 5.89. The van der Waals surface area contributed by atoms with Crippen molar-refractivity contribution in [3.8, 4) is 0 Å². The molecule has 0 saturated carbocycles. The van der Waals surface area contributed by atoms with E-state index < -0.39 is 0 Å². The van der Waals surface area contributed by atoms with Crippen LogP contribution in [0.1, 0.15) is 39.0 Å². The predicted molar refractivity (Wildman–Crippen MR) is 82.1 cm³/mol. The van der Waals surface area contributed by atoms with Crippen molar-refractivity contribution >= 4 is 11.9 Å². The maximum atomic E-state index is 12.2. The number of piperidine rings is 1. The Morgan fingerprint density at radius 1 is 1.14 bits per heavy atom. The Hall–Kier alpha value is -1.30. The molecule has 2 heterocycles. The molecular weight excluding hydrogens is 268 g/mol. The number of hydrogen-bond acceptors (Lipinski definition) is 3. The van der Waals surface area contributed by atoms with E-state index >= 15 is 0 Å². The number of carbonyl (C=O) groups is 2.